The molecule has 148 valence electrons. The van der Waals surface area contributed by atoms with Crippen LogP contribution in [0.3, 0.4) is 0 Å². The molecular formula is C22H21N3O3S. The lowest BCUT2D eigenvalue weighted by atomic mass is 10.1. The van der Waals surface area contributed by atoms with E-state index < -0.39 is 0 Å². The van der Waals surface area contributed by atoms with Crippen molar-refractivity contribution in [2.24, 2.45) is 0 Å². The van der Waals surface area contributed by atoms with Crippen molar-refractivity contribution in [2.45, 2.75) is 19.3 Å². The lowest BCUT2D eigenvalue weighted by Gasteiger charge is -2.04. The smallest absolute Gasteiger partial charge is 0.224 e. The highest BCUT2D eigenvalue weighted by Gasteiger charge is 2.11. The summed E-state index contributed by atoms with van der Waals surface area (Å²) in [5.41, 5.74) is 3.64. The van der Waals surface area contributed by atoms with Gasteiger partial charge >= 0.3 is 0 Å². The summed E-state index contributed by atoms with van der Waals surface area (Å²) < 4.78 is 10.7. The van der Waals surface area contributed by atoms with Gasteiger partial charge in [0.25, 0.3) is 0 Å². The Hall–Kier alpha value is -3.19. The molecule has 0 saturated heterocycles. The number of ether oxygens (including phenoxy) is 1. The summed E-state index contributed by atoms with van der Waals surface area (Å²) in [4.78, 5) is 21.0. The average Bonchev–Trinajstić information content (AvgIpc) is 3.39. The van der Waals surface area contributed by atoms with Crippen molar-refractivity contribution < 1.29 is 13.9 Å². The summed E-state index contributed by atoms with van der Waals surface area (Å²) in [5, 5.41) is 7.05. The Morgan fingerprint density at radius 3 is 2.93 bits per heavy atom. The van der Waals surface area contributed by atoms with Crippen LogP contribution in [-0.2, 0) is 17.6 Å². The van der Waals surface area contributed by atoms with Crippen molar-refractivity contribution >= 4 is 28.2 Å². The Labute approximate surface area is 172 Å². The summed E-state index contributed by atoms with van der Waals surface area (Å²) in [6.45, 7) is 0.618. The molecule has 6 nitrogen and oxygen atoms in total. The van der Waals surface area contributed by atoms with E-state index in [1.807, 2.05) is 30.3 Å². The third kappa shape index (κ3) is 4.63. The van der Waals surface area contributed by atoms with Crippen LogP contribution in [0.4, 0.5) is 0 Å². The molecule has 1 aromatic carbocycles. The highest BCUT2D eigenvalue weighted by molar-refractivity contribution is 7.09. The number of furan rings is 1. The number of nitrogens with one attached hydrogen (secondary N) is 1. The molecule has 3 heterocycles. The van der Waals surface area contributed by atoms with Gasteiger partial charge < -0.3 is 14.5 Å². The van der Waals surface area contributed by atoms with E-state index in [9.17, 15) is 4.79 Å². The summed E-state index contributed by atoms with van der Waals surface area (Å²) >= 11 is 1.64. The molecule has 0 spiro atoms. The first-order valence-corrected chi connectivity index (χ1v) is 10.3. The third-order valence-corrected chi connectivity index (χ3v) is 5.54. The quantitative estimate of drug-likeness (QED) is 0.442. The lowest BCUT2D eigenvalue weighted by molar-refractivity contribution is -0.120. The number of carbonyl (C=O) groups is 1. The fourth-order valence-electron chi connectivity index (χ4n) is 3.11. The van der Waals surface area contributed by atoms with Gasteiger partial charge in [0, 0.05) is 53.3 Å². The zero-order valence-corrected chi connectivity index (χ0v) is 16.9. The van der Waals surface area contributed by atoms with E-state index in [2.05, 4.69) is 20.7 Å². The van der Waals surface area contributed by atoms with Gasteiger partial charge in [-0.3, -0.25) is 9.78 Å². The van der Waals surface area contributed by atoms with Crippen LogP contribution in [0.1, 0.15) is 17.0 Å². The number of pyridine rings is 1. The molecular weight excluding hydrogens is 386 g/mol. The van der Waals surface area contributed by atoms with Gasteiger partial charge in [-0.2, -0.15) is 0 Å². The number of nitrogens with zero attached hydrogens (tertiary/aromatic N) is 2. The minimum Gasteiger partial charge on any atom is -0.497 e. The van der Waals surface area contributed by atoms with Crippen molar-refractivity contribution in [1.82, 2.24) is 15.3 Å². The normalized spacial score (nSPS) is 10.9. The zero-order valence-electron chi connectivity index (χ0n) is 16.1. The van der Waals surface area contributed by atoms with Crippen molar-refractivity contribution in [3.8, 4) is 17.0 Å². The molecule has 0 aliphatic rings. The van der Waals surface area contributed by atoms with E-state index in [4.69, 9.17) is 9.15 Å². The highest BCUT2D eigenvalue weighted by Crippen LogP contribution is 2.26. The van der Waals surface area contributed by atoms with Gasteiger partial charge in [-0.25, -0.2) is 4.98 Å². The maximum atomic E-state index is 12.3. The molecule has 0 saturated carbocycles. The average molecular weight is 407 g/mol. The number of rotatable bonds is 8. The molecule has 0 bridgehead atoms. The SMILES string of the molecule is COc1ccc2c(CC(=O)NCCCc3nc(-c4ccncc4)cs3)coc2c1. The second-order valence-electron chi connectivity index (χ2n) is 6.62. The monoisotopic (exact) mass is 407 g/mol. The molecule has 1 amide bonds. The number of hydrogen-bond acceptors (Lipinski definition) is 6. The Kier molecular flexibility index (Phi) is 5.86. The molecule has 0 aliphatic heterocycles. The Bertz CT molecular complexity index is 1100. The van der Waals surface area contributed by atoms with Crippen LogP contribution in [-0.4, -0.2) is 29.5 Å². The Morgan fingerprint density at radius 2 is 2.10 bits per heavy atom. The summed E-state index contributed by atoms with van der Waals surface area (Å²) in [6.07, 6.45) is 7.15. The minimum absolute atomic E-state index is 0.0138. The van der Waals surface area contributed by atoms with Crippen LogP contribution in [0.5, 0.6) is 5.75 Å². The van der Waals surface area contributed by atoms with E-state index in [1.165, 1.54) is 0 Å². The Balaban J connectivity index is 1.25. The van der Waals surface area contributed by atoms with E-state index in [1.54, 1.807) is 37.1 Å². The largest absolute Gasteiger partial charge is 0.497 e. The maximum absolute atomic E-state index is 12.3. The van der Waals surface area contributed by atoms with Crippen LogP contribution in [0, 0.1) is 0 Å². The van der Waals surface area contributed by atoms with E-state index >= 15 is 0 Å². The molecule has 3 aromatic heterocycles. The molecule has 0 radical (unpaired) electrons. The third-order valence-electron chi connectivity index (χ3n) is 4.63. The van der Waals surface area contributed by atoms with Crippen LogP contribution in [0.25, 0.3) is 22.2 Å². The van der Waals surface area contributed by atoms with Crippen molar-refractivity contribution in [1.29, 1.82) is 0 Å². The second-order valence-corrected chi connectivity index (χ2v) is 7.56. The second kappa shape index (κ2) is 8.87. The number of amides is 1. The van der Waals surface area contributed by atoms with Crippen molar-refractivity contribution in [2.75, 3.05) is 13.7 Å². The van der Waals surface area contributed by atoms with Crippen molar-refractivity contribution in [3.05, 3.63) is 64.9 Å². The molecule has 29 heavy (non-hydrogen) atoms. The van der Waals surface area contributed by atoms with Crippen LogP contribution in [0.15, 0.2) is 58.8 Å². The van der Waals surface area contributed by atoms with Gasteiger partial charge in [-0.1, -0.05) is 0 Å². The van der Waals surface area contributed by atoms with E-state index in [0.29, 0.717) is 13.0 Å². The van der Waals surface area contributed by atoms with Gasteiger partial charge in [0.1, 0.15) is 11.3 Å². The first-order valence-electron chi connectivity index (χ1n) is 9.38. The fraction of sp³-hybridized carbons (Fsp3) is 0.227. The number of carbonyl (C=O) groups excluding carboxylic acids is 1. The number of aryl methyl sites for hydroxylation is 1. The maximum Gasteiger partial charge on any atom is 0.224 e. The number of benzene rings is 1. The first-order chi connectivity index (χ1) is 14.2. The lowest BCUT2D eigenvalue weighted by Crippen LogP contribution is -2.26. The molecule has 1 N–H and O–H groups in total. The molecule has 4 rings (SSSR count). The van der Waals surface area contributed by atoms with E-state index in [-0.39, 0.29) is 5.91 Å². The Morgan fingerprint density at radius 1 is 1.24 bits per heavy atom. The van der Waals surface area contributed by atoms with Crippen LogP contribution >= 0.6 is 11.3 Å². The molecule has 0 unspecified atom stereocenters. The fourth-order valence-corrected chi connectivity index (χ4v) is 3.96. The van der Waals surface area contributed by atoms with Gasteiger partial charge in [0.2, 0.25) is 5.91 Å². The number of aromatic nitrogens is 2. The molecule has 7 heteroatoms. The highest BCUT2D eigenvalue weighted by atomic mass is 32.1. The van der Waals surface area contributed by atoms with Gasteiger partial charge in [0.05, 0.1) is 30.5 Å². The predicted molar refractivity (Wildman–Crippen MR) is 113 cm³/mol. The molecule has 4 aromatic rings. The first kappa shape index (κ1) is 19.1. The minimum atomic E-state index is -0.0138. The number of thiazole rings is 1. The summed E-state index contributed by atoms with van der Waals surface area (Å²) in [6, 6.07) is 9.52. The predicted octanol–water partition coefficient (Wildman–Crippen LogP) is 4.25. The van der Waals surface area contributed by atoms with Crippen LogP contribution in [0.2, 0.25) is 0 Å². The van der Waals surface area contributed by atoms with Crippen molar-refractivity contribution in [3.63, 3.8) is 0 Å². The standard InChI is InChI=1S/C22H21N3O3S/c1-27-17-4-5-18-16(13-28-20(18)12-17)11-21(26)24-8-2-3-22-25-19(14-29-22)15-6-9-23-10-7-15/h4-7,9-10,12-14H,2-3,8,11H2,1H3,(H,24,26). The topological polar surface area (TPSA) is 77.2 Å². The van der Waals surface area contributed by atoms with Gasteiger partial charge in [-0.05, 0) is 30.7 Å². The van der Waals surface area contributed by atoms with Crippen LogP contribution < -0.4 is 10.1 Å². The number of hydrogen-bond donors (Lipinski definition) is 1. The number of methoxy groups -OCH3 is 1. The molecule has 0 fully saturated rings. The summed E-state index contributed by atoms with van der Waals surface area (Å²) in [5.74, 6) is 0.720. The summed E-state index contributed by atoms with van der Waals surface area (Å²) in [7, 11) is 1.62. The molecule has 0 atom stereocenters. The van der Waals surface area contributed by atoms with Gasteiger partial charge in [0.15, 0.2) is 0 Å². The van der Waals surface area contributed by atoms with E-state index in [0.717, 1.165) is 51.4 Å². The zero-order chi connectivity index (χ0) is 20.1. The van der Waals surface area contributed by atoms with Gasteiger partial charge in [-0.15, -0.1) is 11.3 Å². The molecule has 0 aliphatic carbocycles. The number of fused-ring (bicyclic) bond motifs is 1.